The summed E-state index contributed by atoms with van der Waals surface area (Å²) in [7, 11) is 0. The van der Waals surface area contributed by atoms with E-state index in [9.17, 15) is 0 Å². The van der Waals surface area contributed by atoms with Gasteiger partial charge in [0.1, 0.15) is 0 Å². The lowest BCUT2D eigenvalue weighted by atomic mass is 9.82. The van der Waals surface area contributed by atoms with Gasteiger partial charge >= 0.3 is 0 Å². The van der Waals surface area contributed by atoms with Crippen molar-refractivity contribution in [1.82, 2.24) is 5.32 Å². The summed E-state index contributed by atoms with van der Waals surface area (Å²) in [5.41, 5.74) is 5.20. The highest BCUT2D eigenvalue weighted by atomic mass is 15.0. The van der Waals surface area contributed by atoms with E-state index >= 15 is 0 Å². The van der Waals surface area contributed by atoms with Crippen LogP contribution in [0, 0.1) is 23.2 Å². The van der Waals surface area contributed by atoms with Crippen molar-refractivity contribution in [3.63, 3.8) is 0 Å². The first kappa shape index (κ1) is 13.3. The molecule has 0 bridgehead atoms. The minimum absolute atomic E-state index is 0.0793. The molecule has 3 nitrogen and oxygen atoms in total. The van der Waals surface area contributed by atoms with Crippen LogP contribution in [0.2, 0.25) is 0 Å². The van der Waals surface area contributed by atoms with E-state index in [1.807, 2.05) is 0 Å². The molecule has 3 heteroatoms. The predicted molar refractivity (Wildman–Crippen MR) is 62.3 cm³/mol. The van der Waals surface area contributed by atoms with Crippen molar-refractivity contribution in [2.75, 3.05) is 6.54 Å². The first-order chi connectivity index (χ1) is 6.45. The fourth-order valence-corrected chi connectivity index (χ4v) is 2.00. The van der Waals surface area contributed by atoms with Gasteiger partial charge in [0.2, 0.25) is 0 Å². The minimum Gasteiger partial charge on any atom is -0.370 e. The average molecular weight is 199 g/mol. The average Bonchev–Trinajstić information content (AvgIpc) is 2.01. The van der Waals surface area contributed by atoms with Crippen LogP contribution >= 0.6 is 0 Å². The molecule has 0 spiro atoms. The second kappa shape index (κ2) is 6.68. The number of hydrogen-bond donors (Lipinski definition) is 3. The molecule has 0 saturated heterocycles. The molecule has 0 aromatic rings. The van der Waals surface area contributed by atoms with E-state index in [4.69, 9.17) is 11.1 Å². The number of rotatable bonds is 6. The SMILES string of the molecule is CC(C)C(CCCNC(=N)N)C(C)C. The van der Waals surface area contributed by atoms with Crippen LogP contribution in [0.25, 0.3) is 0 Å². The van der Waals surface area contributed by atoms with Gasteiger partial charge in [-0.25, -0.2) is 0 Å². The largest absolute Gasteiger partial charge is 0.370 e. The standard InChI is InChI=1S/C11H25N3/c1-8(2)10(9(3)4)6-5-7-14-11(12)13/h8-10H,5-7H2,1-4H3,(H4,12,13,14). The summed E-state index contributed by atoms with van der Waals surface area (Å²) < 4.78 is 0. The molecule has 0 saturated carbocycles. The van der Waals surface area contributed by atoms with Gasteiger partial charge in [-0.1, -0.05) is 27.7 Å². The van der Waals surface area contributed by atoms with Crippen LogP contribution in [0.4, 0.5) is 0 Å². The van der Waals surface area contributed by atoms with Crippen LogP contribution in [-0.4, -0.2) is 12.5 Å². The topological polar surface area (TPSA) is 61.9 Å². The maximum atomic E-state index is 7.02. The van der Waals surface area contributed by atoms with Crippen molar-refractivity contribution in [3.05, 3.63) is 0 Å². The zero-order chi connectivity index (χ0) is 11.1. The summed E-state index contributed by atoms with van der Waals surface area (Å²) in [6.07, 6.45) is 2.32. The van der Waals surface area contributed by atoms with Crippen LogP contribution in [-0.2, 0) is 0 Å². The lowest BCUT2D eigenvalue weighted by Crippen LogP contribution is -2.31. The highest BCUT2D eigenvalue weighted by molar-refractivity contribution is 5.74. The summed E-state index contributed by atoms with van der Waals surface area (Å²) in [6.45, 7) is 9.95. The zero-order valence-electron chi connectivity index (χ0n) is 9.93. The Bertz CT molecular complexity index is 156. The van der Waals surface area contributed by atoms with Gasteiger partial charge in [-0.15, -0.1) is 0 Å². The molecule has 4 N–H and O–H groups in total. The van der Waals surface area contributed by atoms with Crippen molar-refractivity contribution in [1.29, 1.82) is 5.41 Å². The fourth-order valence-electron chi connectivity index (χ4n) is 2.00. The Morgan fingerprint density at radius 1 is 1.21 bits per heavy atom. The van der Waals surface area contributed by atoms with Crippen molar-refractivity contribution < 1.29 is 0 Å². The smallest absolute Gasteiger partial charge is 0.185 e. The minimum atomic E-state index is 0.0793. The Morgan fingerprint density at radius 2 is 1.71 bits per heavy atom. The van der Waals surface area contributed by atoms with Gasteiger partial charge in [0, 0.05) is 6.54 Å². The Hall–Kier alpha value is -0.730. The highest BCUT2D eigenvalue weighted by Crippen LogP contribution is 2.24. The van der Waals surface area contributed by atoms with Gasteiger partial charge in [0.05, 0.1) is 0 Å². The summed E-state index contributed by atoms with van der Waals surface area (Å²) >= 11 is 0. The van der Waals surface area contributed by atoms with E-state index in [-0.39, 0.29) is 5.96 Å². The molecule has 0 radical (unpaired) electrons. The molecule has 0 aromatic carbocycles. The lowest BCUT2D eigenvalue weighted by molar-refractivity contribution is 0.264. The zero-order valence-corrected chi connectivity index (χ0v) is 9.93. The maximum Gasteiger partial charge on any atom is 0.185 e. The van der Waals surface area contributed by atoms with Crippen LogP contribution in [0.15, 0.2) is 0 Å². The molecular formula is C11H25N3. The van der Waals surface area contributed by atoms with Gasteiger partial charge in [-0.05, 0) is 30.6 Å². The Labute approximate surface area is 88.0 Å². The van der Waals surface area contributed by atoms with E-state index in [2.05, 4.69) is 33.0 Å². The molecule has 0 atom stereocenters. The number of nitrogens with one attached hydrogen (secondary N) is 2. The molecule has 14 heavy (non-hydrogen) atoms. The number of nitrogens with two attached hydrogens (primary N) is 1. The quantitative estimate of drug-likeness (QED) is 0.349. The number of hydrogen-bond acceptors (Lipinski definition) is 1. The van der Waals surface area contributed by atoms with Crippen LogP contribution in [0.3, 0.4) is 0 Å². The molecule has 0 rings (SSSR count). The summed E-state index contributed by atoms with van der Waals surface area (Å²) in [4.78, 5) is 0. The van der Waals surface area contributed by atoms with Crippen molar-refractivity contribution in [2.45, 2.75) is 40.5 Å². The normalized spacial score (nSPS) is 11.4. The molecule has 0 aliphatic heterocycles. The molecule has 0 aliphatic carbocycles. The highest BCUT2D eigenvalue weighted by Gasteiger charge is 2.16. The predicted octanol–water partition coefficient (Wildman–Crippen LogP) is 2.18. The van der Waals surface area contributed by atoms with Gasteiger partial charge < -0.3 is 11.1 Å². The van der Waals surface area contributed by atoms with Gasteiger partial charge in [0.25, 0.3) is 0 Å². The van der Waals surface area contributed by atoms with E-state index in [0.29, 0.717) is 0 Å². The molecule has 0 unspecified atom stereocenters. The first-order valence-corrected chi connectivity index (χ1v) is 5.53. The molecule has 0 amide bonds. The van der Waals surface area contributed by atoms with Crippen LogP contribution < -0.4 is 11.1 Å². The lowest BCUT2D eigenvalue weighted by Gasteiger charge is -2.24. The number of guanidine groups is 1. The van der Waals surface area contributed by atoms with E-state index < -0.39 is 0 Å². The van der Waals surface area contributed by atoms with Gasteiger partial charge in [0.15, 0.2) is 5.96 Å². The Kier molecular flexibility index (Phi) is 6.34. The van der Waals surface area contributed by atoms with E-state index in [0.717, 1.165) is 30.7 Å². The molecule has 0 aromatic heterocycles. The fraction of sp³-hybridized carbons (Fsp3) is 0.909. The van der Waals surface area contributed by atoms with Crippen molar-refractivity contribution >= 4 is 5.96 Å². The van der Waals surface area contributed by atoms with Crippen molar-refractivity contribution in [3.8, 4) is 0 Å². The molecule has 84 valence electrons. The molecular weight excluding hydrogens is 174 g/mol. The van der Waals surface area contributed by atoms with E-state index in [1.54, 1.807) is 0 Å². The van der Waals surface area contributed by atoms with Crippen LogP contribution in [0.5, 0.6) is 0 Å². The maximum absolute atomic E-state index is 7.02. The molecule has 0 fully saturated rings. The first-order valence-electron chi connectivity index (χ1n) is 5.53. The summed E-state index contributed by atoms with van der Waals surface area (Å²) in [5, 5.41) is 9.86. The molecule has 0 heterocycles. The van der Waals surface area contributed by atoms with Crippen LogP contribution in [0.1, 0.15) is 40.5 Å². The third-order valence-corrected chi connectivity index (χ3v) is 2.74. The third-order valence-electron chi connectivity index (χ3n) is 2.74. The third kappa shape index (κ3) is 5.84. The second-order valence-electron chi connectivity index (χ2n) is 4.63. The van der Waals surface area contributed by atoms with E-state index in [1.165, 1.54) is 6.42 Å². The van der Waals surface area contributed by atoms with Gasteiger partial charge in [-0.2, -0.15) is 0 Å². The van der Waals surface area contributed by atoms with Gasteiger partial charge in [-0.3, -0.25) is 5.41 Å². The Balaban J connectivity index is 3.67. The summed E-state index contributed by atoms with van der Waals surface area (Å²) in [5.74, 6) is 2.35. The molecule has 0 aliphatic rings. The summed E-state index contributed by atoms with van der Waals surface area (Å²) in [6, 6.07) is 0. The second-order valence-corrected chi connectivity index (χ2v) is 4.63. The van der Waals surface area contributed by atoms with Crippen molar-refractivity contribution in [2.24, 2.45) is 23.5 Å². The monoisotopic (exact) mass is 199 g/mol. The Morgan fingerprint density at radius 3 is 2.07 bits per heavy atom.